The number of nitrogens with zero attached hydrogens (tertiary/aromatic N) is 1. The van der Waals surface area contributed by atoms with Crippen LogP contribution in [-0.4, -0.2) is 30.6 Å². The summed E-state index contributed by atoms with van der Waals surface area (Å²) in [5.74, 6) is 1.29. The standard InChI is InChI=1S/C19H19Cl2NO3/c1-24-15-6-2-13(3-7-15)11-22(14-4-5-14)19(23)12-25-16-8-9-17(20)18(21)10-16/h2-3,6-10,14H,4-5,11-12H2,1H3. The molecule has 0 bridgehead atoms. The molecule has 0 aromatic heterocycles. The lowest BCUT2D eigenvalue weighted by Gasteiger charge is -2.23. The van der Waals surface area contributed by atoms with Crippen molar-refractivity contribution >= 4 is 29.1 Å². The van der Waals surface area contributed by atoms with Crippen molar-refractivity contribution in [3.05, 3.63) is 58.1 Å². The van der Waals surface area contributed by atoms with Crippen molar-refractivity contribution in [1.29, 1.82) is 0 Å². The van der Waals surface area contributed by atoms with Gasteiger partial charge in [0.1, 0.15) is 11.5 Å². The first-order chi connectivity index (χ1) is 12.1. The molecule has 132 valence electrons. The van der Waals surface area contributed by atoms with Crippen molar-refractivity contribution in [3.8, 4) is 11.5 Å². The number of amides is 1. The van der Waals surface area contributed by atoms with E-state index in [-0.39, 0.29) is 12.5 Å². The highest BCUT2D eigenvalue weighted by atomic mass is 35.5. The van der Waals surface area contributed by atoms with Gasteiger partial charge in [-0.05, 0) is 42.7 Å². The predicted molar refractivity (Wildman–Crippen MR) is 98.5 cm³/mol. The second-order valence-electron chi connectivity index (χ2n) is 5.97. The molecule has 6 heteroatoms. The summed E-state index contributed by atoms with van der Waals surface area (Å²) in [6, 6.07) is 13.0. The minimum atomic E-state index is -0.0376. The molecule has 0 spiro atoms. The lowest BCUT2D eigenvalue weighted by molar-refractivity contribution is -0.134. The number of carbonyl (C=O) groups excluding carboxylic acids is 1. The molecule has 2 aromatic carbocycles. The first kappa shape index (κ1) is 17.9. The maximum absolute atomic E-state index is 12.6. The van der Waals surface area contributed by atoms with Crippen LogP contribution in [0.4, 0.5) is 0 Å². The number of hydrogen-bond donors (Lipinski definition) is 0. The van der Waals surface area contributed by atoms with Crippen molar-refractivity contribution in [2.75, 3.05) is 13.7 Å². The van der Waals surface area contributed by atoms with E-state index in [1.165, 1.54) is 0 Å². The number of halogens is 2. The van der Waals surface area contributed by atoms with Gasteiger partial charge in [-0.1, -0.05) is 35.3 Å². The summed E-state index contributed by atoms with van der Waals surface area (Å²) in [6.07, 6.45) is 2.07. The molecule has 0 radical (unpaired) electrons. The molecule has 0 unspecified atom stereocenters. The average molecular weight is 380 g/mol. The van der Waals surface area contributed by atoms with Gasteiger partial charge in [-0.25, -0.2) is 0 Å². The number of hydrogen-bond acceptors (Lipinski definition) is 3. The van der Waals surface area contributed by atoms with Crippen LogP contribution in [0.5, 0.6) is 11.5 Å². The van der Waals surface area contributed by atoms with Gasteiger partial charge in [0.25, 0.3) is 5.91 Å². The molecule has 0 aliphatic heterocycles. The highest BCUT2D eigenvalue weighted by Crippen LogP contribution is 2.30. The molecule has 0 heterocycles. The van der Waals surface area contributed by atoms with E-state index >= 15 is 0 Å². The zero-order chi connectivity index (χ0) is 17.8. The maximum Gasteiger partial charge on any atom is 0.261 e. The van der Waals surface area contributed by atoms with Gasteiger partial charge in [0.05, 0.1) is 17.2 Å². The zero-order valence-electron chi connectivity index (χ0n) is 13.9. The van der Waals surface area contributed by atoms with Gasteiger partial charge in [0.2, 0.25) is 0 Å². The zero-order valence-corrected chi connectivity index (χ0v) is 15.4. The molecule has 25 heavy (non-hydrogen) atoms. The van der Waals surface area contributed by atoms with Gasteiger partial charge < -0.3 is 14.4 Å². The van der Waals surface area contributed by atoms with E-state index in [1.54, 1.807) is 25.3 Å². The van der Waals surface area contributed by atoms with Crippen LogP contribution < -0.4 is 9.47 Å². The van der Waals surface area contributed by atoms with Crippen molar-refractivity contribution in [2.24, 2.45) is 0 Å². The quantitative estimate of drug-likeness (QED) is 0.706. The number of ether oxygens (including phenoxy) is 2. The van der Waals surface area contributed by atoms with Crippen LogP contribution in [0.1, 0.15) is 18.4 Å². The van der Waals surface area contributed by atoms with E-state index in [0.717, 1.165) is 24.2 Å². The fraction of sp³-hybridized carbons (Fsp3) is 0.316. The smallest absolute Gasteiger partial charge is 0.261 e. The molecule has 3 rings (SSSR count). The molecule has 2 aromatic rings. The molecule has 1 saturated carbocycles. The first-order valence-electron chi connectivity index (χ1n) is 8.07. The summed E-state index contributed by atoms with van der Waals surface area (Å²) in [7, 11) is 1.63. The van der Waals surface area contributed by atoms with Crippen LogP contribution in [0.3, 0.4) is 0 Å². The highest BCUT2D eigenvalue weighted by molar-refractivity contribution is 6.42. The Morgan fingerprint density at radius 3 is 2.36 bits per heavy atom. The van der Waals surface area contributed by atoms with Gasteiger partial charge in [-0.15, -0.1) is 0 Å². The summed E-state index contributed by atoms with van der Waals surface area (Å²) in [4.78, 5) is 14.5. The minimum absolute atomic E-state index is 0.0232. The second-order valence-corrected chi connectivity index (χ2v) is 6.78. The van der Waals surface area contributed by atoms with E-state index in [0.29, 0.717) is 28.4 Å². The largest absolute Gasteiger partial charge is 0.497 e. The van der Waals surface area contributed by atoms with Crippen LogP contribution in [0.25, 0.3) is 0 Å². The molecule has 0 saturated heterocycles. The SMILES string of the molecule is COc1ccc(CN(C(=O)COc2ccc(Cl)c(Cl)c2)C2CC2)cc1. The lowest BCUT2D eigenvalue weighted by Crippen LogP contribution is -2.36. The minimum Gasteiger partial charge on any atom is -0.497 e. The Morgan fingerprint density at radius 2 is 1.76 bits per heavy atom. The Labute approximate surface area is 157 Å². The summed E-state index contributed by atoms with van der Waals surface area (Å²) in [6.45, 7) is 0.544. The van der Waals surface area contributed by atoms with E-state index in [1.807, 2.05) is 29.2 Å². The van der Waals surface area contributed by atoms with Crippen LogP contribution in [-0.2, 0) is 11.3 Å². The topological polar surface area (TPSA) is 38.8 Å². The number of carbonyl (C=O) groups is 1. The van der Waals surface area contributed by atoms with Gasteiger partial charge in [-0.2, -0.15) is 0 Å². The third kappa shape index (κ3) is 4.80. The third-order valence-electron chi connectivity index (χ3n) is 4.07. The average Bonchev–Trinajstić information content (AvgIpc) is 3.46. The third-order valence-corrected chi connectivity index (χ3v) is 4.81. The molecular weight excluding hydrogens is 361 g/mol. The summed E-state index contributed by atoms with van der Waals surface area (Å²) >= 11 is 11.9. The fourth-order valence-corrected chi connectivity index (χ4v) is 2.82. The summed E-state index contributed by atoms with van der Waals surface area (Å²) < 4.78 is 10.7. The van der Waals surface area contributed by atoms with E-state index in [9.17, 15) is 4.79 Å². The Hall–Kier alpha value is -1.91. The van der Waals surface area contributed by atoms with Crippen LogP contribution in [0.15, 0.2) is 42.5 Å². The van der Waals surface area contributed by atoms with Crippen molar-refractivity contribution < 1.29 is 14.3 Å². The summed E-state index contributed by atoms with van der Waals surface area (Å²) in [5, 5.41) is 0.864. The monoisotopic (exact) mass is 379 g/mol. The van der Waals surface area contributed by atoms with Crippen molar-refractivity contribution in [2.45, 2.75) is 25.4 Å². The fourth-order valence-electron chi connectivity index (χ4n) is 2.53. The number of rotatable bonds is 7. The first-order valence-corrected chi connectivity index (χ1v) is 8.82. The lowest BCUT2D eigenvalue weighted by atomic mass is 10.2. The number of methoxy groups -OCH3 is 1. The van der Waals surface area contributed by atoms with Crippen LogP contribution in [0.2, 0.25) is 10.0 Å². The molecule has 4 nitrogen and oxygen atoms in total. The van der Waals surface area contributed by atoms with E-state index < -0.39 is 0 Å². The van der Waals surface area contributed by atoms with Crippen LogP contribution in [0, 0.1) is 0 Å². The maximum atomic E-state index is 12.6. The Bertz CT molecular complexity index is 745. The molecular formula is C19H19Cl2NO3. The van der Waals surface area contributed by atoms with Gasteiger partial charge in [-0.3, -0.25) is 4.79 Å². The highest BCUT2D eigenvalue weighted by Gasteiger charge is 2.32. The molecule has 0 N–H and O–H groups in total. The molecule has 1 aliphatic rings. The second kappa shape index (κ2) is 7.98. The Kier molecular flexibility index (Phi) is 5.71. The molecule has 1 aliphatic carbocycles. The van der Waals surface area contributed by atoms with Crippen molar-refractivity contribution in [3.63, 3.8) is 0 Å². The van der Waals surface area contributed by atoms with Gasteiger partial charge >= 0.3 is 0 Å². The molecule has 0 atom stereocenters. The van der Waals surface area contributed by atoms with Gasteiger partial charge in [0.15, 0.2) is 6.61 Å². The summed E-state index contributed by atoms with van der Waals surface area (Å²) in [5.41, 5.74) is 1.07. The normalized spacial score (nSPS) is 13.4. The van der Waals surface area contributed by atoms with Crippen LogP contribution >= 0.6 is 23.2 Å². The molecule has 1 fully saturated rings. The van der Waals surface area contributed by atoms with E-state index in [2.05, 4.69) is 0 Å². The van der Waals surface area contributed by atoms with Crippen molar-refractivity contribution in [1.82, 2.24) is 4.90 Å². The number of benzene rings is 2. The van der Waals surface area contributed by atoms with Gasteiger partial charge in [0, 0.05) is 18.7 Å². The predicted octanol–water partition coefficient (Wildman–Crippen LogP) is 4.57. The molecule has 1 amide bonds. The van der Waals surface area contributed by atoms with E-state index in [4.69, 9.17) is 32.7 Å². The Morgan fingerprint density at radius 1 is 1.08 bits per heavy atom. The Balaban J connectivity index is 1.61.